The summed E-state index contributed by atoms with van der Waals surface area (Å²) < 4.78 is 0. The van der Waals surface area contributed by atoms with Crippen molar-refractivity contribution in [1.82, 2.24) is 5.32 Å². The molecule has 17 heavy (non-hydrogen) atoms. The van der Waals surface area contributed by atoms with E-state index in [2.05, 4.69) is 11.9 Å². The van der Waals surface area contributed by atoms with Crippen molar-refractivity contribution in [3.05, 3.63) is 12.7 Å². The molecule has 0 fully saturated rings. The van der Waals surface area contributed by atoms with Crippen molar-refractivity contribution < 1.29 is 19.5 Å². The van der Waals surface area contributed by atoms with Crippen LogP contribution in [0.2, 0.25) is 0 Å². The monoisotopic (exact) mass is 259 g/mol. The Balaban J connectivity index is 4.24. The van der Waals surface area contributed by atoms with Crippen LogP contribution in [0.5, 0.6) is 0 Å². The number of carbonyl (C=O) groups excluding carboxylic acids is 2. The fourth-order valence-electron chi connectivity index (χ4n) is 1.09. The summed E-state index contributed by atoms with van der Waals surface area (Å²) >= 11 is 1.05. The number of carbonyl (C=O) groups is 3. The number of amides is 1. The van der Waals surface area contributed by atoms with E-state index in [4.69, 9.17) is 5.11 Å². The lowest BCUT2D eigenvalue weighted by Gasteiger charge is -2.13. The van der Waals surface area contributed by atoms with Crippen LogP contribution < -0.4 is 5.32 Å². The van der Waals surface area contributed by atoms with Crippen molar-refractivity contribution in [2.24, 2.45) is 0 Å². The second kappa shape index (κ2) is 8.81. The minimum absolute atomic E-state index is 0.183. The predicted octanol–water partition coefficient (Wildman–Crippen LogP) is 1.19. The molecule has 0 saturated carbocycles. The van der Waals surface area contributed by atoms with Gasteiger partial charge in [0.15, 0.2) is 5.12 Å². The van der Waals surface area contributed by atoms with Gasteiger partial charge in [-0.3, -0.25) is 9.59 Å². The maximum Gasteiger partial charge on any atom is 0.326 e. The molecule has 0 unspecified atom stereocenters. The lowest BCUT2D eigenvalue weighted by molar-refractivity contribution is -0.142. The van der Waals surface area contributed by atoms with Gasteiger partial charge >= 0.3 is 5.97 Å². The van der Waals surface area contributed by atoms with Gasteiger partial charge in [-0.15, -0.1) is 6.58 Å². The van der Waals surface area contributed by atoms with Gasteiger partial charge in [0, 0.05) is 12.8 Å². The average Bonchev–Trinajstić information content (AvgIpc) is 2.25. The molecule has 0 aromatic rings. The van der Waals surface area contributed by atoms with Gasteiger partial charge in [-0.2, -0.15) is 0 Å². The quantitative estimate of drug-likeness (QED) is 0.640. The van der Waals surface area contributed by atoms with Crippen LogP contribution in [-0.2, 0) is 14.4 Å². The first-order chi connectivity index (χ1) is 8.01. The Kier molecular flexibility index (Phi) is 8.13. The minimum Gasteiger partial charge on any atom is -0.480 e. The Labute approximate surface area is 105 Å². The highest BCUT2D eigenvalue weighted by molar-refractivity contribution is 8.13. The van der Waals surface area contributed by atoms with Crippen LogP contribution in [0, 0.1) is 0 Å². The van der Waals surface area contributed by atoms with Crippen molar-refractivity contribution in [1.29, 1.82) is 0 Å². The maximum absolute atomic E-state index is 11.3. The standard InChI is InChI=1S/C11H17NO4S/c1-3-5-6-9(13)12-8(11(15)16)7-10(14)17-4-2/h3,8H,1,4-7H2,2H3,(H,12,13)(H,15,16)/t8-/m0/s1. The van der Waals surface area contributed by atoms with E-state index in [0.29, 0.717) is 12.2 Å². The molecule has 0 spiro atoms. The van der Waals surface area contributed by atoms with E-state index < -0.39 is 12.0 Å². The third-order valence-corrected chi connectivity index (χ3v) is 2.66. The van der Waals surface area contributed by atoms with Gasteiger partial charge in [-0.25, -0.2) is 4.79 Å². The molecule has 0 radical (unpaired) electrons. The average molecular weight is 259 g/mol. The summed E-state index contributed by atoms with van der Waals surface area (Å²) in [6, 6.07) is -1.14. The molecule has 2 N–H and O–H groups in total. The van der Waals surface area contributed by atoms with Gasteiger partial charge in [-0.05, 0) is 12.2 Å². The molecule has 5 nitrogen and oxygen atoms in total. The summed E-state index contributed by atoms with van der Waals surface area (Å²) in [5.74, 6) is -0.983. The topological polar surface area (TPSA) is 83.5 Å². The number of rotatable bonds is 8. The number of carboxylic acid groups (broad SMARTS) is 1. The normalized spacial score (nSPS) is 11.6. The van der Waals surface area contributed by atoms with Gasteiger partial charge in [0.1, 0.15) is 6.04 Å². The zero-order valence-corrected chi connectivity index (χ0v) is 10.6. The molecule has 0 heterocycles. The summed E-state index contributed by atoms with van der Waals surface area (Å²) in [5, 5.41) is 11.0. The van der Waals surface area contributed by atoms with Crippen LogP contribution in [-0.4, -0.2) is 33.9 Å². The number of hydrogen-bond donors (Lipinski definition) is 2. The van der Waals surface area contributed by atoms with E-state index in [1.807, 2.05) is 0 Å². The highest BCUT2D eigenvalue weighted by atomic mass is 32.2. The molecule has 0 aliphatic carbocycles. The van der Waals surface area contributed by atoms with Crippen molar-refractivity contribution in [2.75, 3.05) is 5.75 Å². The zero-order valence-electron chi connectivity index (χ0n) is 9.77. The number of nitrogens with one attached hydrogen (secondary N) is 1. The third-order valence-electron chi connectivity index (χ3n) is 1.88. The third kappa shape index (κ3) is 7.57. The molecule has 0 aromatic carbocycles. The summed E-state index contributed by atoms with van der Waals surface area (Å²) in [5.41, 5.74) is 0. The van der Waals surface area contributed by atoms with Gasteiger partial charge in [0.05, 0.1) is 0 Å². The Morgan fingerprint density at radius 3 is 2.59 bits per heavy atom. The summed E-state index contributed by atoms with van der Waals surface area (Å²) in [7, 11) is 0. The number of carboxylic acids is 1. The second-order valence-corrected chi connectivity index (χ2v) is 4.62. The molecule has 96 valence electrons. The summed E-state index contributed by atoms with van der Waals surface area (Å²) in [6.07, 6.45) is 2.05. The second-order valence-electron chi connectivity index (χ2n) is 3.29. The lowest BCUT2D eigenvalue weighted by Crippen LogP contribution is -2.41. The van der Waals surface area contributed by atoms with Crippen molar-refractivity contribution >= 4 is 28.8 Å². The van der Waals surface area contributed by atoms with Crippen molar-refractivity contribution in [3.8, 4) is 0 Å². The number of aliphatic carboxylic acids is 1. The minimum atomic E-state index is -1.19. The molecule has 0 aliphatic heterocycles. The Morgan fingerprint density at radius 1 is 1.47 bits per heavy atom. The first-order valence-corrected chi connectivity index (χ1v) is 6.28. The van der Waals surface area contributed by atoms with Crippen LogP contribution >= 0.6 is 11.8 Å². The molecule has 1 atom stereocenters. The van der Waals surface area contributed by atoms with Crippen molar-refractivity contribution in [2.45, 2.75) is 32.2 Å². The Bertz CT molecular complexity index is 304. The van der Waals surface area contributed by atoms with E-state index in [9.17, 15) is 14.4 Å². The molecule has 6 heteroatoms. The summed E-state index contributed by atoms with van der Waals surface area (Å²) in [4.78, 5) is 33.5. The van der Waals surface area contributed by atoms with Crippen LogP contribution in [0.1, 0.15) is 26.2 Å². The lowest BCUT2D eigenvalue weighted by atomic mass is 10.2. The van der Waals surface area contributed by atoms with E-state index >= 15 is 0 Å². The number of hydrogen-bond acceptors (Lipinski definition) is 4. The maximum atomic E-state index is 11.3. The molecule has 0 bridgehead atoms. The zero-order chi connectivity index (χ0) is 13.3. The molecule has 0 rings (SSSR count). The highest BCUT2D eigenvalue weighted by Crippen LogP contribution is 2.07. The fraction of sp³-hybridized carbons (Fsp3) is 0.545. The largest absolute Gasteiger partial charge is 0.480 e. The van der Waals surface area contributed by atoms with Gasteiger partial charge in [0.2, 0.25) is 5.91 Å². The number of thioether (sulfide) groups is 1. The van der Waals surface area contributed by atoms with Crippen LogP contribution in [0.25, 0.3) is 0 Å². The van der Waals surface area contributed by atoms with Gasteiger partial charge < -0.3 is 10.4 Å². The molecule has 0 aromatic heterocycles. The van der Waals surface area contributed by atoms with E-state index in [1.165, 1.54) is 0 Å². The van der Waals surface area contributed by atoms with E-state index in [-0.39, 0.29) is 23.9 Å². The van der Waals surface area contributed by atoms with Gasteiger partial charge in [-0.1, -0.05) is 24.8 Å². The smallest absolute Gasteiger partial charge is 0.326 e. The van der Waals surface area contributed by atoms with Crippen molar-refractivity contribution in [3.63, 3.8) is 0 Å². The van der Waals surface area contributed by atoms with Gasteiger partial charge in [0.25, 0.3) is 0 Å². The molecule has 0 saturated heterocycles. The fourth-order valence-corrected chi connectivity index (χ4v) is 1.69. The molecule has 0 aliphatic rings. The Morgan fingerprint density at radius 2 is 2.12 bits per heavy atom. The highest BCUT2D eigenvalue weighted by Gasteiger charge is 2.22. The molecular formula is C11H17NO4S. The van der Waals surface area contributed by atoms with E-state index in [0.717, 1.165) is 11.8 Å². The van der Waals surface area contributed by atoms with Crippen LogP contribution in [0.3, 0.4) is 0 Å². The SMILES string of the molecule is C=CCCC(=O)N[C@@H](CC(=O)SCC)C(=O)O. The summed E-state index contributed by atoms with van der Waals surface area (Å²) in [6.45, 7) is 5.27. The number of allylic oxidation sites excluding steroid dienone is 1. The van der Waals surface area contributed by atoms with E-state index in [1.54, 1.807) is 13.0 Å². The predicted molar refractivity (Wildman–Crippen MR) is 66.8 cm³/mol. The first kappa shape index (κ1) is 15.7. The molecular weight excluding hydrogens is 242 g/mol. The van der Waals surface area contributed by atoms with Crippen LogP contribution in [0.4, 0.5) is 0 Å². The Hall–Kier alpha value is -1.30. The van der Waals surface area contributed by atoms with Crippen LogP contribution in [0.15, 0.2) is 12.7 Å². The first-order valence-electron chi connectivity index (χ1n) is 5.30. The molecule has 1 amide bonds.